The van der Waals surface area contributed by atoms with E-state index in [1.54, 1.807) is 0 Å². The van der Waals surface area contributed by atoms with Gasteiger partial charge in [-0.2, -0.15) is 0 Å². The van der Waals surface area contributed by atoms with Gasteiger partial charge in [0.25, 0.3) is 0 Å². The molecular weight excluding hydrogens is 232 g/mol. The maximum Gasteiger partial charge on any atom is 0.0208 e. The van der Waals surface area contributed by atoms with Gasteiger partial charge in [-0.25, -0.2) is 0 Å². The van der Waals surface area contributed by atoms with E-state index >= 15 is 0 Å². The highest BCUT2D eigenvalue weighted by molar-refractivity contribution is 5.27. The summed E-state index contributed by atoms with van der Waals surface area (Å²) in [6.07, 6.45) is 1.10. The van der Waals surface area contributed by atoms with Crippen LogP contribution >= 0.6 is 0 Å². The zero-order chi connectivity index (χ0) is 14.3. The monoisotopic (exact) mass is 262 g/mol. The van der Waals surface area contributed by atoms with Gasteiger partial charge in [0.05, 0.1) is 0 Å². The Kier molecular flexibility index (Phi) is 6.53. The van der Waals surface area contributed by atoms with Crippen molar-refractivity contribution in [2.75, 3.05) is 20.1 Å². The number of benzene rings is 1. The number of nitrogens with one attached hydrogen (secondary N) is 2. The number of rotatable bonds is 7. The normalized spacial score (nSPS) is 13.5. The lowest BCUT2D eigenvalue weighted by molar-refractivity contribution is 0.252. The van der Waals surface area contributed by atoms with Gasteiger partial charge in [-0.05, 0) is 49.0 Å². The molecule has 0 aromatic heterocycles. The summed E-state index contributed by atoms with van der Waals surface area (Å²) in [6, 6.07) is 8.74. The highest BCUT2D eigenvalue weighted by Gasteiger charge is 2.19. The summed E-state index contributed by atoms with van der Waals surface area (Å²) in [4.78, 5) is 0. The molecule has 0 bridgehead atoms. The van der Waals surface area contributed by atoms with Crippen LogP contribution in [0.1, 0.15) is 38.8 Å². The minimum atomic E-state index is 0.374. The lowest BCUT2D eigenvalue weighted by atomic mass is 9.82. The second-order valence-corrected chi connectivity index (χ2v) is 6.52. The Labute approximate surface area is 119 Å². The minimum absolute atomic E-state index is 0.374. The number of hydrogen-bond acceptors (Lipinski definition) is 2. The molecule has 0 amide bonds. The van der Waals surface area contributed by atoms with Crippen molar-refractivity contribution in [2.24, 2.45) is 11.3 Å². The molecule has 0 fully saturated rings. The molecule has 0 radical (unpaired) electrons. The molecule has 2 nitrogen and oxygen atoms in total. The number of hydrogen-bond donors (Lipinski definition) is 2. The van der Waals surface area contributed by atoms with Crippen molar-refractivity contribution < 1.29 is 0 Å². The van der Waals surface area contributed by atoms with E-state index < -0.39 is 0 Å². The first kappa shape index (κ1) is 16.2. The van der Waals surface area contributed by atoms with E-state index in [1.807, 2.05) is 7.05 Å². The van der Waals surface area contributed by atoms with E-state index in [4.69, 9.17) is 0 Å². The van der Waals surface area contributed by atoms with Crippen molar-refractivity contribution in [2.45, 2.75) is 40.7 Å². The summed E-state index contributed by atoms with van der Waals surface area (Å²) in [5, 5.41) is 6.82. The fraction of sp³-hybridized carbons (Fsp3) is 0.647. The topological polar surface area (TPSA) is 24.1 Å². The maximum absolute atomic E-state index is 3.60. The molecule has 0 saturated heterocycles. The van der Waals surface area contributed by atoms with E-state index in [0.717, 1.165) is 26.1 Å². The SMILES string of the molecule is CNCCc1ccccc1CNCC(C)C(C)(C)C. The average Bonchev–Trinajstić information content (AvgIpc) is 2.36. The molecule has 1 rings (SSSR count). The van der Waals surface area contributed by atoms with Crippen LogP contribution in [0.5, 0.6) is 0 Å². The lowest BCUT2D eigenvalue weighted by Crippen LogP contribution is -2.29. The first-order valence-corrected chi connectivity index (χ1v) is 7.37. The smallest absolute Gasteiger partial charge is 0.0208 e. The minimum Gasteiger partial charge on any atom is -0.319 e. The van der Waals surface area contributed by atoms with Gasteiger partial charge < -0.3 is 10.6 Å². The van der Waals surface area contributed by atoms with Gasteiger partial charge in [-0.3, -0.25) is 0 Å². The Hall–Kier alpha value is -0.860. The van der Waals surface area contributed by atoms with Crippen molar-refractivity contribution in [1.29, 1.82) is 0 Å². The van der Waals surface area contributed by atoms with Gasteiger partial charge in [0.2, 0.25) is 0 Å². The molecule has 1 aromatic carbocycles. The molecule has 0 aliphatic carbocycles. The average molecular weight is 262 g/mol. The van der Waals surface area contributed by atoms with Crippen LogP contribution in [0.4, 0.5) is 0 Å². The van der Waals surface area contributed by atoms with Crippen LogP contribution in [0.15, 0.2) is 24.3 Å². The Morgan fingerprint density at radius 1 is 1.11 bits per heavy atom. The number of likely N-dealkylation sites (N-methyl/N-ethyl adjacent to an activating group) is 1. The van der Waals surface area contributed by atoms with Crippen LogP contribution in [0.2, 0.25) is 0 Å². The maximum atomic E-state index is 3.60. The summed E-state index contributed by atoms with van der Waals surface area (Å²) in [5.74, 6) is 0.678. The lowest BCUT2D eigenvalue weighted by Gasteiger charge is -2.27. The molecular formula is C17H30N2. The molecule has 1 atom stereocenters. The van der Waals surface area contributed by atoms with Crippen molar-refractivity contribution in [3.05, 3.63) is 35.4 Å². The molecule has 2 N–H and O–H groups in total. The second-order valence-electron chi connectivity index (χ2n) is 6.52. The van der Waals surface area contributed by atoms with E-state index in [1.165, 1.54) is 11.1 Å². The summed E-state index contributed by atoms with van der Waals surface area (Å²) in [6.45, 7) is 12.3. The van der Waals surface area contributed by atoms with Gasteiger partial charge in [0, 0.05) is 6.54 Å². The predicted octanol–water partition coefficient (Wildman–Crippen LogP) is 3.22. The third-order valence-electron chi connectivity index (χ3n) is 4.01. The first-order valence-electron chi connectivity index (χ1n) is 7.37. The third kappa shape index (κ3) is 5.75. The molecule has 19 heavy (non-hydrogen) atoms. The predicted molar refractivity (Wildman–Crippen MR) is 84.4 cm³/mol. The zero-order valence-corrected chi connectivity index (χ0v) is 13.2. The summed E-state index contributed by atoms with van der Waals surface area (Å²) in [5.41, 5.74) is 3.25. The highest BCUT2D eigenvalue weighted by atomic mass is 14.9. The third-order valence-corrected chi connectivity index (χ3v) is 4.01. The molecule has 0 heterocycles. The summed E-state index contributed by atoms with van der Waals surface area (Å²) >= 11 is 0. The van der Waals surface area contributed by atoms with Crippen LogP contribution in [0.3, 0.4) is 0 Å². The Bertz CT molecular complexity index is 366. The van der Waals surface area contributed by atoms with Crippen LogP contribution < -0.4 is 10.6 Å². The van der Waals surface area contributed by atoms with Crippen molar-refractivity contribution in [1.82, 2.24) is 10.6 Å². The van der Waals surface area contributed by atoms with Crippen molar-refractivity contribution in [3.8, 4) is 0 Å². The van der Waals surface area contributed by atoms with Gasteiger partial charge in [0.15, 0.2) is 0 Å². The van der Waals surface area contributed by atoms with E-state index in [-0.39, 0.29) is 0 Å². The molecule has 0 saturated carbocycles. The van der Waals surface area contributed by atoms with Crippen LogP contribution in [0.25, 0.3) is 0 Å². The molecule has 0 spiro atoms. The van der Waals surface area contributed by atoms with Crippen LogP contribution in [0, 0.1) is 11.3 Å². The van der Waals surface area contributed by atoms with Gasteiger partial charge in [-0.15, -0.1) is 0 Å². The second kappa shape index (κ2) is 7.66. The molecule has 1 aromatic rings. The van der Waals surface area contributed by atoms with Crippen molar-refractivity contribution >= 4 is 0 Å². The largest absolute Gasteiger partial charge is 0.319 e. The first-order chi connectivity index (χ1) is 8.95. The Morgan fingerprint density at radius 3 is 2.32 bits per heavy atom. The highest BCUT2D eigenvalue weighted by Crippen LogP contribution is 2.24. The van der Waals surface area contributed by atoms with Gasteiger partial charge >= 0.3 is 0 Å². The standard InChI is InChI=1S/C17H30N2/c1-14(17(2,3)4)12-19-13-16-9-7-6-8-15(16)10-11-18-5/h6-9,14,18-19H,10-13H2,1-5H3. The van der Waals surface area contributed by atoms with Gasteiger partial charge in [-0.1, -0.05) is 52.0 Å². The Balaban J connectivity index is 2.49. The van der Waals surface area contributed by atoms with E-state index in [2.05, 4.69) is 62.6 Å². The fourth-order valence-electron chi connectivity index (χ4n) is 1.96. The van der Waals surface area contributed by atoms with Gasteiger partial charge in [0.1, 0.15) is 0 Å². The molecule has 0 aliphatic heterocycles. The Morgan fingerprint density at radius 2 is 1.74 bits per heavy atom. The van der Waals surface area contributed by atoms with E-state index in [0.29, 0.717) is 11.3 Å². The molecule has 0 aliphatic rings. The van der Waals surface area contributed by atoms with Crippen LogP contribution in [-0.2, 0) is 13.0 Å². The zero-order valence-electron chi connectivity index (χ0n) is 13.2. The molecule has 108 valence electrons. The molecule has 1 unspecified atom stereocenters. The summed E-state index contributed by atoms with van der Waals surface area (Å²) in [7, 11) is 2.01. The summed E-state index contributed by atoms with van der Waals surface area (Å²) < 4.78 is 0. The fourth-order valence-corrected chi connectivity index (χ4v) is 1.96. The van der Waals surface area contributed by atoms with Crippen LogP contribution in [-0.4, -0.2) is 20.1 Å². The van der Waals surface area contributed by atoms with E-state index in [9.17, 15) is 0 Å². The van der Waals surface area contributed by atoms with Crippen molar-refractivity contribution in [3.63, 3.8) is 0 Å². The quantitative estimate of drug-likeness (QED) is 0.788. The molecule has 2 heteroatoms.